The number of hydrogen-bond donors (Lipinski definition) is 3. The lowest BCUT2D eigenvalue weighted by Gasteiger charge is -2.18. The maximum Gasteiger partial charge on any atom is 0.329 e. The summed E-state index contributed by atoms with van der Waals surface area (Å²) in [6.07, 6.45) is 4.39. The van der Waals surface area contributed by atoms with E-state index in [1.54, 1.807) is 14.2 Å². The molecule has 2 aromatic rings. The first-order valence-electron chi connectivity index (χ1n) is 10.7. The number of carboxylic acid groups (broad SMARTS) is 1. The lowest BCUT2D eigenvalue weighted by molar-refractivity contribution is -0.138. The minimum Gasteiger partial charge on any atom is -0.495 e. The fraction of sp³-hybridized carbons (Fsp3) is 0.500. The highest BCUT2D eigenvalue weighted by molar-refractivity contribution is 6.32. The smallest absolute Gasteiger partial charge is 0.329 e. The van der Waals surface area contributed by atoms with Crippen LogP contribution < -0.4 is 15.4 Å². The lowest BCUT2D eigenvalue weighted by Crippen LogP contribution is -2.32. The van der Waals surface area contributed by atoms with E-state index in [-0.39, 0.29) is 5.02 Å². The number of nitrogens with one attached hydrogen (secondary N) is 2. The third-order valence-corrected chi connectivity index (χ3v) is 6.31. The van der Waals surface area contributed by atoms with E-state index in [1.807, 2.05) is 0 Å². The van der Waals surface area contributed by atoms with E-state index < -0.39 is 11.5 Å². The first-order chi connectivity index (χ1) is 15.4. The molecule has 1 aliphatic heterocycles. The SMILES string of the molecule is COCCN1CCc2cc(Nc3ncc(Cl)c(NC4(C(=O)O)CC4)n3)c(OC)cc2CC1. The van der Waals surface area contributed by atoms with Gasteiger partial charge in [-0.1, -0.05) is 11.6 Å². The summed E-state index contributed by atoms with van der Waals surface area (Å²) in [6.45, 7) is 3.58. The Morgan fingerprint density at radius 2 is 1.97 bits per heavy atom. The Kier molecular flexibility index (Phi) is 6.68. The van der Waals surface area contributed by atoms with Crippen LogP contribution in [0.3, 0.4) is 0 Å². The molecule has 1 saturated carbocycles. The summed E-state index contributed by atoms with van der Waals surface area (Å²) in [6, 6.07) is 4.15. The maximum absolute atomic E-state index is 11.5. The van der Waals surface area contributed by atoms with Crippen molar-refractivity contribution in [2.24, 2.45) is 0 Å². The van der Waals surface area contributed by atoms with Gasteiger partial charge in [0.1, 0.15) is 16.3 Å². The molecule has 0 radical (unpaired) electrons. The summed E-state index contributed by atoms with van der Waals surface area (Å²) >= 11 is 6.21. The molecule has 2 aliphatic rings. The van der Waals surface area contributed by atoms with Gasteiger partial charge in [-0.2, -0.15) is 4.98 Å². The van der Waals surface area contributed by atoms with Crippen molar-refractivity contribution in [3.05, 3.63) is 34.5 Å². The Hall–Kier alpha value is -2.62. The zero-order chi connectivity index (χ0) is 22.7. The van der Waals surface area contributed by atoms with Crippen molar-refractivity contribution in [2.75, 3.05) is 51.1 Å². The van der Waals surface area contributed by atoms with Crippen molar-refractivity contribution in [2.45, 2.75) is 31.2 Å². The van der Waals surface area contributed by atoms with E-state index in [4.69, 9.17) is 21.1 Å². The van der Waals surface area contributed by atoms with Gasteiger partial charge in [0, 0.05) is 26.7 Å². The predicted molar refractivity (Wildman–Crippen MR) is 122 cm³/mol. The van der Waals surface area contributed by atoms with Gasteiger partial charge < -0.3 is 30.1 Å². The van der Waals surface area contributed by atoms with Crippen LogP contribution in [0.2, 0.25) is 5.02 Å². The number of hydrogen-bond acceptors (Lipinski definition) is 8. The molecule has 1 aromatic heterocycles. The predicted octanol–water partition coefficient (Wildman–Crippen LogP) is 2.96. The molecule has 172 valence electrons. The Morgan fingerprint density at radius 1 is 1.25 bits per heavy atom. The number of halogens is 1. The fourth-order valence-electron chi connectivity index (χ4n) is 3.89. The summed E-state index contributed by atoms with van der Waals surface area (Å²) in [5.41, 5.74) is 2.28. The monoisotopic (exact) mass is 461 g/mol. The van der Waals surface area contributed by atoms with Crippen molar-refractivity contribution in [3.63, 3.8) is 0 Å². The number of nitrogens with zero attached hydrogens (tertiary/aromatic N) is 3. The van der Waals surface area contributed by atoms with E-state index in [0.29, 0.717) is 30.4 Å². The van der Waals surface area contributed by atoms with Crippen molar-refractivity contribution in [1.82, 2.24) is 14.9 Å². The first-order valence-corrected chi connectivity index (χ1v) is 11.0. The molecule has 0 atom stereocenters. The molecule has 2 heterocycles. The van der Waals surface area contributed by atoms with E-state index in [9.17, 15) is 9.90 Å². The van der Waals surface area contributed by atoms with Crippen LogP contribution >= 0.6 is 11.6 Å². The minimum atomic E-state index is -0.994. The second-order valence-corrected chi connectivity index (χ2v) is 8.59. The number of carboxylic acids is 1. The van der Waals surface area contributed by atoms with Crippen LogP contribution in [0, 0.1) is 0 Å². The summed E-state index contributed by atoms with van der Waals surface area (Å²) < 4.78 is 10.8. The van der Waals surface area contributed by atoms with Gasteiger partial charge in [0.05, 0.1) is 25.6 Å². The number of fused-ring (bicyclic) bond motifs is 1. The standard InChI is InChI=1S/C22H28ClN5O4/c1-31-10-9-28-7-3-14-11-17(18(32-2)12-15(14)4-8-28)25-21-24-13-16(23)19(26-21)27-22(5-6-22)20(29)30/h11-13H,3-10H2,1-2H3,(H,29,30)(H2,24,25,26,27). The third kappa shape index (κ3) is 4.90. The number of aliphatic carboxylic acids is 1. The zero-order valence-corrected chi connectivity index (χ0v) is 19.0. The van der Waals surface area contributed by atoms with Crippen LogP contribution in [-0.2, 0) is 22.4 Å². The van der Waals surface area contributed by atoms with Crippen LogP contribution in [-0.4, -0.2) is 71.9 Å². The second kappa shape index (κ2) is 9.48. The fourth-order valence-corrected chi connectivity index (χ4v) is 4.03. The average Bonchev–Trinajstić information content (AvgIpc) is 3.59. The molecule has 32 heavy (non-hydrogen) atoms. The average molecular weight is 462 g/mol. The molecular formula is C22H28ClN5O4. The van der Waals surface area contributed by atoms with Gasteiger partial charge in [-0.05, 0) is 48.9 Å². The molecule has 0 amide bonds. The van der Waals surface area contributed by atoms with Crippen molar-refractivity contribution in [1.29, 1.82) is 0 Å². The number of carbonyl (C=O) groups is 1. The van der Waals surface area contributed by atoms with E-state index in [0.717, 1.165) is 44.8 Å². The van der Waals surface area contributed by atoms with Gasteiger partial charge in [0.2, 0.25) is 5.95 Å². The molecule has 3 N–H and O–H groups in total. The molecular weight excluding hydrogens is 434 g/mol. The van der Waals surface area contributed by atoms with E-state index in [2.05, 4.69) is 37.6 Å². The number of rotatable bonds is 9. The molecule has 4 rings (SSSR count). The summed E-state index contributed by atoms with van der Waals surface area (Å²) in [5.74, 6) is 0.401. The van der Waals surface area contributed by atoms with Gasteiger partial charge in [-0.25, -0.2) is 9.78 Å². The number of benzene rings is 1. The Bertz CT molecular complexity index is 999. The number of aromatic nitrogens is 2. The minimum absolute atomic E-state index is 0.271. The second-order valence-electron chi connectivity index (χ2n) is 8.18. The normalized spacial score (nSPS) is 17.2. The number of anilines is 3. The van der Waals surface area contributed by atoms with Crippen molar-refractivity contribution < 1.29 is 19.4 Å². The summed E-state index contributed by atoms with van der Waals surface area (Å²) in [4.78, 5) is 22.6. The van der Waals surface area contributed by atoms with Crippen LogP contribution in [0.5, 0.6) is 5.75 Å². The third-order valence-electron chi connectivity index (χ3n) is 6.04. The maximum atomic E-state index is 11.5. The molecule has 0 spiro atoms. The molecule has 0 unspecified atom stereocenters. The Balaban J connectivity index is 1.54. The van der Waals surface area contributed by atoms with Crippen LogP contribution in [0.4, 0.5) is 17.5 Å². The van der Waals surface area contributed by atoms with Crippen LogP contribution in [0.15, 0.2) is 18.3 Å². The highest BCUT2D eigenvalue weighted by Gasteiger charge is 2.51. The van der Waals surface area contributed by atoms with Gasteiger partial charge in [-0.15, -0.1) is 0 Å². The molecule has 1 aromatic carbocycles. The summed E-state index contributed by atoms with van der Waals surface area (Å²) in [7, 11) is 3.36. The zero-order valence-electron chi connectivity index (χ0n) is 18.3. The van der Waals surface area contributed by atoms with Gasteiger partial charge in [0.25, 0.3) is 0 Å². The topological polar surface area (TPSA) is 109 Å². The molecule has 10 heteroatoms. The molecule has 0 saturated heterocycles. The first kappa shape index (κ1) is 22.6. The molecule has 1 aliphatic carbocycles. The highest BCUT2D eigenvalue weighted by Crippen LogP contribution is 2.40. The largest absolute Gasteiger partial charge is 0.495 e. The molecule has 0 bridgehead atoms. The van der Waals surface area contributed by atoms with Gasteiger partial charge in [0.15, 0.2) is 5.82 Å². The van der Waals surface area contributed by atoms with Crippen molar-refractivity contribution in [3.8, 4) is 5.75 Å². The highest BCUT2D eigenvalue weighted by atomic mass is 35.5. The van der Waals surface area contributed by atoms with Crippen LogP contribution in [0.25, 0.3) is 0 Å². The molecule has 9 nitrogen and oxygen atoms in total. The quantitative estimate of drug-likeness (QED) is 0.519. The van der Waals surface area contributed by atoms with Crippen LogP contribution in [0.1, 0.15) is 24.0 Å². The number of methoxy groups -OCH3 is 2. The van der Waals surface area contributed by atoms with E-state index in [1.165, 1.54) is 17.3 Å². The summed E-state index contributed by atoms with van der Waals surface area (Å²) in [5, 5.41) is 15.9. The van der Waals surface area contributed by atoms with Gasteiger partial charge >= 0.3 is 5.97 Å². The van der Waals surface area contributed by atoms with E-state index >= 15 is 0 Å². The lowest BCUT2D eigenvalue weighted by atomic mass is 10.0. The Morgan fingerprint density at radius 3 is 2.59 bits per heavy atom. The number of ether oxygens (including phenoxy) is 2. The Labute approximate surface area is 192 Å². The van der Waals surface area contributed by atoms with Crippen molar-refractivity contribution >= 4 is 35.0 Å². The molecule has 1 fully saturated rings. The van der Waals surface area contributed by atoms with Gasteiger partial charge in [-0.3, -0.25) is 0 Å².